The number of rotatable bonds is 3. The molecule has 0 fully saturated rings. The van der Waals surface area contributed by atoms with Crippen LogP contribution in [0.5, 0.6) is 0 Å². The van der Waals surface area contributed by atoms with E-state index in [9.17, 15) is 4.79 Å². The van der Waals surface area contributed by atoms with E-state index in [1.54, 1.807) is 0 Å². The number of carbonyl (C=O) groups is 1. The molecule has 0 spiro atoms. The molecular weight excluding hydrogens is 190 g/mol. The molecule has 1 aromatic rings. The summed E-state index contributed by atoms with van der Waals surface area (Å²) in [5.74, 6) is -0.795. The first-order valence-electron chi connectivity index (χ1n) is 5.22. The second-order valence-electron chi connectivity index (χ2n) is 4.01. The Morgan fingerprint density at radius 2 is 2.40 bits per heavy atom. The summed E-state index contributed by atoms with van der Waals surface area (Å²) in [6, 6.07) is 6.46. The lowest BCUT2D eigenvalue weighted by Crippen LogP contribution is -2.25. The third-order valence-corrected chi connectivity index (χ3v) is 3.00. The van der Waals surface area contributed by atoms with E-state index < -0.39 is 5.97 Å². The van der Waals surface area contributed by atoms with Crippen LogP contribution in [0.15, 0.2) is 18.2 Å². The second kappa shape index (κ2) is 4.03. The van der Waals surface area contributed by atoms with Crippen LogP contribution in [0.3, 0.4) is 0 Å². The molecule has 1 unspecified atom stereocenters. The Balaban J connectivity index is 2.14. The van der Waals surface area contributed by atoms with Crippen LogP contribution >= 0.6 is 0 Å². The predicted molar refractivity (Wildman–Crippen MR) is 57.9 cm³/mol. The third-order valence-electron chi connectivity index (χ3n) is 3.00. The van der Waals surface area contributed by atoms with Crippen molar-refractivity contribution in [1.29, 1.82) is 0 Å². The van der Waals surface area contributed by atoms with E-state index in [0.717, 1.165) is 12.8 Å². The van der Waals surface area contributed by atoms with Gasteiger partial charge in [0.25, 0.3) is 0 Å². The predicted octanol–water partition coefficient (Wildman–Crippen LogP) is 1.66. The smallest absolute Gasteiger partial charge is 0.317 e. The molecule has 1 aromatic carbocycles. The molecule has 0 radical (unpaired) electrons. The highest BCUT2D eigenvalue weighted by Crippen LogP contribution is 2.32. The number of carboxylic acids is 1. The molecule has 1 aliphatic rings. The Labute approximate surface area is 89.1 Å². The molecule has 0 amide bonds. The number of nitrogens with one attached hydrogen (secondary N) is 1. The standard InChI is InChI=1S/C12H15NO2/c1-8-3-2-4-10-9(8)5-6-11(10)13-7-12(14)15/h2-4,11,13H,5-7H2,1H3,(H,14,15). The highest BCUT2D eigenvalue weighted by Gasteiger charge is 2.23. The number of benzene rings is 1. The normalized spacial score (nSPS) is 18.9. The summed E-state index contributed by atoms with van der Waals surface area (Å²) in [6.07, 6.45) is 2.06. The van der Waals surface area contributed by atoms with Crippen LogP contribution < -0.4 is 5.32 Å². The van der Waals surface area contributed by atoms with Gasteiger partial charge in [0.1, 0.15) is 0 Å². The first-order chi connectivity index (χ1) is 7.18. The van der Waals surface area contributed by atoms with E-state index in [2.05, 4.69) is 24.4 Å². The Bertz CT molecular complexity index is 387. The number of hydrogen-bond acceptors (Lipinski definition) is 2. The maximum absolute atomic E-state index is 10.5. The molecule has 0 bridgehead atoms. The van der Waals surface area contributed by atoms with Crippen molar-refractivity contribution in [3.63, 3.8) is 0 Å². The minimum absolute atomic E-state index is 0.0397. The summed E-state index contributed by atoms with van der Waals surface area (Å²) in [4.78, 5) is 10.5. The third kappa shape index (κ3) is 2.02. The monoisotopic (exact) mass is 205 g/mol. The van der Waals surface area contributed by atoms with Gasteiger partial charge in [0.05, 0.1) is 6.54 Å². The van der Waals surface area contributed by atoms with Gasteiger partial charge in [-0.15, -0.1) is 0 Å². The van der Waals surface area contributed by atoms with E-state index in [-0.39, 0.29) is 12.6 Å². The van der Waals surface area contributed by atoms with Crippen molar-refractivity contribution in [2.24, 2.45) is 0 Å². The van der Waals surface area contributed by atoms with Crippen molar-refractivity contribution < 1.29 is 9.90 Å². The fourth-order valence-electron chi connectivity index (χ4n) is 2.26. The van der Waals surface area contributed by atoms with Gasteiger partial charge in [-0.3, -0.25) is 4.79 Å². The van der Waals surface area contributed by atoms with Crippen molar-refractivity contribution in [3.8, 4) is 0 Å². The second-order valence-corrected chi connectivity index (χ2v) is 4.01. The zero-order valence-corrected chi connectivity index (χ0v) is 8.79. The van der Waals surface area contributed by atoms with E-state index >= 15 is 0 Å². The van der Waals surface area contributed by atoms with Crippen LogP contribution in [0.25, 0.3) is 0 Å². The number of carboxylic acid groups (broad SMARTS) is 1. The molecule has 3 heteroatoms. The average Bonchev–Trinajstić information content (AvgIpc) is 2.59. The maximum atomic E-state index is 10.5. The van der Waals surface area contributed by atoms with E-state index in [4.69, 9.17) is 5.11 Å². The van der Waals surface area contributed by atoms with Gasteiger partial charge in [0.2, 0.25) is 0 Å². The van der Waals surface area contributed by atoms with Gasteiger partial charge in [-0.25, -0.2) is 0 Å². The summed E-state index contributed by atoms with van der Waals surface area (Å²) in [7, 11) is 0. The molecule has 0 aromatic heterocycles. The molecular formula is C12H15NO2. The summed E-state index contributed by atoms with van der Waals surface area (Å²) in [5, 5.41) is 11.7. The molecule has 3 nitrogen and oxygen atoms in total. The average molecular weight is 205 g/mol. The van der Waals surface area contributed by atoms with Crippen molar-refractivity contribution in [2.75, 3.05) is 6.54 Å². The molecule has 2 N–H and O–H groups in total. The van der Waals surface area contributed by atoms with E-state index in [0.29, 0.717) is 0 Å². The van der Waals surface area contributed by atoms with Crippen molar-refractivity contribution in [2.45, 2.75) is 25.8 Å². The van der Waals surface area contributed by atoms with Crippen LogP contribution in [0.1, 0.15) is 29.2 Å². The fourth-order valence-corrected chi connectivity index (χ4v) is 2.26. The van der Waals surface area contributed by atoms with Gasteiger partial charge in [0, 0.05) is 6.04 Å². The van der Waals surface area contributed by atoms with Crippen LogP contribution in [0.2, 0.25) is 0 Å². The van der Waals surface area contributed by atoms with Crippen LogP contribution in [-0.2, 0) is 11.2 Å². The Morgan fingerprint density at radius 1 is 1.60 bits per heavy atom. The van der Waals surface area contributed by atoms with Crippen molar-refractivity contribution >= 4 is 5.97 Å². The molecule has 0 aliphatic heterocycles. The quantitative estimate of drug-likeness (QED) is 0.789. The zero-order chi connectivity index (χ0) is 10.8. The Morgan fingerprint density at radius 3 is 3.13 bits per heavy atom. The van der Waals surface area contributed by atoms with Crippen LogP contribution in [0.4, 0.5) is 0 Å². The van der Waals surface area contributed by atoms with Gasteiger partial charge >= 0.3 is 5.97 Å². The highest BCUT2D eigenvalue weighted by atomic mass is 16.4. The van der Waals surface area contributed by atoms with Gasteiger partial charge in [-0.05, 0) is 36.5 Å². The van der Waals surface area contributed by atoms with Crippen LogP contribution in [-0.4, -0.2) is 17.6 Å². The molecule has 1 aliphatic carbocycles. The first-order valence-corrected chi connectivity index (χ1v) is 5.22. The first kappa shape index (κ1) is 10.2. The molecule has 15 heavy (non-hydrogen) atoms. The molecule has 0 saturated heterocycles. The van der Waals surface area contributed by atoms with Crippen molar-refractivity contribution in [1.82, 2.24) is 5.32 Å². The summed E-state index contributed by atoms with van der Waals surface area (Å²) in [6.45, 7) is 2.15. The van der Waals surface area contributed by atoms with Gasteiger partial charge in [-0.1, -0.05) is 18.2 Å². The minimum Gasteiger partial charge on any atom is -0.480 e. The summed E-state index contributed by atoms with van der Waals surface area (Å²) in [5.41, 5.74) is 3.98. The zero-order valence-electron chi connectivity index (χ0n) is 8.79. The lowest BCUT2D eigenvalue weighted by Gasteiger charge is -2.12. The van der Waals surface area contributed by atoms with Crippen molar-refractivity contribution in [3.05, 3.63) is 34.9 Å². The minimum atomic E-state index is -0.795. The SMILES string of the molecule is Cc1cccc2c1CCC2NCC(=O)O. The lowest BCUT2D eigenvalue weighted by atomic mass is 10.0. The number of hydrogen-bond donors (Lipinski definition) is 2. The lowest BCUT2D eigenvalue weighted by molar-refractivity contribution is -0.136. The van der Waals surface area contributed by atoms with E-state index in [1.165, 1.54) is 16.7 Å². The molecule has 2 rings (SSSR count). The highest BCUT2D eigenvalue weighted by molar-refractivity contribution is 5.69. The molecule has 0 saturated carbocycles. The molecule has 80 valence electrons. The van der Waals surface area contributed by atoms with Gasteiger partial charge in [0.15, 0.2) is 0 Å². The number of aliphatic carboxylic acids is 1. The largest absolute Gasteiger partial charge is 0.480 e. The number of fused-ring (bicyclic) bond motifs is 1. The van der Waals surface area contributed by atoms with E-state index in [1.807, 2.05) is 6.07 Å². The van der Waals surface area contributed by atoms with Crippen LogP contribution in [0, 0.1) is 6.92 Å². The Hall–Kier alpha value is -1.35. The van der Waals surface area contributed by atoms with Gasteiger partial charge < -0.3 is 10.4 Å². The fraction of sp³-hybridized carbons (Fsp3) is 0.417. The number of aryl methyl sites for hydroxylation is 1. The Kier molecular flexibility index (Phi) is 2.73. The van der Waals surface area contributed by atoms with Gasteiger partial charge in [-0.2, -0.15) is 0 Å². The maximum Gasteiger partial charge on any atom is 0.317 e. The summed E-state index contributed by atoms with van der Waals surface area (Å²) >= 11 is 0. The molecule has 1 atom stereocenters. The molecule has 0 heterocycles. The summed E-state index contributed by atoms with van der Waals surface area (Å²) < 4.78 is 0. The topological polar surface area (TPSA) is 49.3 Å².